The molecule has 2 aliphatic carbocycles. The zero-order valence-corrected chi connectivity index (χ0v) is 14.9. The number of hydrogen-bond donors (Lipinski definition) is 1. The van der Waals surface area contributed by atoms with Crippen molar-refractivity contribution >= 4 is 0 Å². The van der Waals surface area contributed by atoms with Gasteiger partial charge in [-0.25, -0.2) is 0 Å². The van der Waals surface area contributed by atoms with Crippen LogP contribution in [0, 0.1) is 23.7 Å². The van der Waals surface area contributed by atoms with Crippen molar-refractivity contribution in [1.82, 2.24) is 5.32 Å². The minimum Gasteiger partial charge on any atom is -0.314 e. The zero-order chi connectivity index (χ0) is 15.1. The van der Waals surface area contributed by atoms with E-state index in [0.29, 0.717) is 0 Å². The van der Waals surface area contributed by atoms with Crippen molar-refractivity contribution in [3.05, 3.63) is 0 Å². The van der Waals surface area contributed by atoms with Crippen molar-refractivity contribution in [3.63, 3.8) is 0 Å². The molecule has 21 heavy (non-hydrogen) atoms. The summed E-state index contributed by atoms with van der Waals surface area (Å²) in [5, 5.41) is 3.90. The fraction of sp³-hybridized carbons (Fsp3) is 1.00. The number of unbranched alkanes of at least 4 members (excludes halogenated alkanes) is 1. The summed E-state index contributed by atoms with van der Waals surface area (Å²) in [6, 6.07) is 0.824. The van der Waals surface area contributed by atoms with Crippen molar-refractivity contribution < 1.29 is 0 Å². The Kier molecular flexibility index (Phi) is 7.57. The van der Waals surface area contributed by atoms with Crippen LogP contribution in [0.15, 0.2) is 0 Å². The highest BCUT2D eigenvalue weighted by atomic mass is 14.9. The van der Waals surface area contributed by atoms with Gasteiger partial charge in [-0.1, -0.05) is 65.7 Å². The molecule has 2 saturated carbocycles. The van der Waals surface area contributed by atoms with Gasteiger partial charge in [0.05, 0.1) is 0 Å². The first kappa shape index (κ1) is 17.3. The number of nitrogens with one attached hydrogen (secondary N) is 1. The van der Waals surface area contributed by atoms with Crippen LogP contribution >= 0.6 is 0 Å². The van der Waals surface area contributed by atoms with Crippen LogP contribution in [0.1, 0.15) is 91.4 Å². The molecule has 0 radical (unpaired) electrons. The highest BCUT2D eigenvalue weighted by Crippen LogP contribution is 2.39. The molecule has 2 fully saturated rings. The lowest BCUT2D eigenvalue weighted by molar-refractivity contribution is 0.135. The van der Waals surface area contributed by atoms with Gasteiger partial charge < -0.3 is 5.32 Å². The summed E-state index contributed by atoms with van der Waals surface area (Å²) in [5.41, 5.74) is 0. The lowest BCUT2D eigenvalue weighted by atomic mass is 9.69. The molecular weight excluding hydrogens is 254 g/mol. The van der Waals surface area contributed by atoms with E-state index >= 15 is 0 Å². The van der Waals surface area contributed by atoms with Crippen LogP contribution in [-0.2, 0) is 0 Å². The van der Waals surface area contributed by atoms with Gasteiger partial charge in [0.2, 0.25) is 0 Å². The van der Waals surface area contributed by atoms with Crippen LogP contribution in [0.5, 0.6) is 0 Å². The molecule has 0 aromatic heterocycles. The SMILES string of the molecule is CCCCC1CCC(C(NCC)C2CCCC(C)C2)CC1. The zero-order valence-electron chi connectivity index (χ0n) is 14.9. The Labute approximate surface area is 133 Å². The molecule has 124 valence electrons. The molecule has 0 bridgehead atoms. The molecular formula is C20H39N. The Morgan fingerprint density at radius 1 is 0.952 bits per heavy atom. The Bertz CT molecular complexity index is 267. The Morgan fingerprint density at radius 3 is 2.33 bits per heavy atom. The standard InChI is InChI=1S/C20H39N/c1-4-6-9-17-11-13-18(14-12-17)20(21-5-2)19-10-7-8-16(3)15-19/h16-21H,4-15H2,1-3H3. The van der Waals surface area contributed by atoms with Crippen LogP contribution in [0.4, 0.5) is 0 Å². The second kappa shape index (κ2) is 9.18. The third kappa shape index (κ3) is 5.27. The molecule has 0 aromatic carbocycles. The van der Waals surface area contributed by atoms with E-state index in [1.807, 2.05) is 0 Å². The van der Waals surface area contributed by atoms with E-state index in [9.17, 15) is 0 Å². The van der Waals surface area contributed by atoms with Gasteiger partial charge in [-0.2, -0.15) is 0 Å². The van der Waals surface area contributed by atoms with Crippen LogP contribution in [0.25, 0.3) is 0 Å². The molecule has 1 nitrogen and oxygen atoms in total. The van der Waals surface area contributed by atoms with Crippen molar-refractivity contribution in [2.75, 3.05) is 6.54 Å². The van der Waals surface area contributed by atoms with Gasteiger partial charge in [0.1, 0.15) is 0 Å². The van der Waals surface area contributed by atoms with Gasteiger partial charge in [-0.05, 0) is 55.9 Å². The summed E-state index contributed by atoms with van der Waals surface area (Å²) in [6.45, 7) is 8.26. The van der Waals surface area contributed by atoms with Crippen molar-refractivity contribution in [2.24, 2.45) is 23.7 Å². The maximum atomic E-state index is 3.90. The van der Waals surface area contributed by atoms with Crippen LogP contribution in [0.3, 0.4) is 0 Å². The first-order chi connectivity index (χ1) is 10.2. The monoisotopic (exact) mass is 293 g/mol. The molecule has 0 spiro atoms. The third-order valence-corrected chi connectivity index (χ3v) is 6.29. The summed E-state index contributed by atoms with van der Waals surface area (Å²) in [5.74, 6) is 3.95. The lowest BCUT2D eigenvalue weighted by Crippen LogP contribution is -2.45. The molecule has 0 saturated heterocycles. The topological polar surface area (TPSA) is 12.0 Å². The number of hydrogen-bond acceptors (Lipinski definition) is 1. The summed E-state index contributed by atoms with van der Waals surface area (Å²) in [6.07, 6.45) is 16.2. The van der Waals surface area contributed by atoms with Crippen molar-refractivity contribution in [2.45, 2.75) is 97.4 Å². The minimum absolute atomic E-state index is 0.824. The fourth-order valence-electron chi connectivity index (χ4n) is 5.09. The first-order valence-electron chi connectivity index (χ1n) is 9.97. The van der Waals surface area contributed by atoms with E-state index in [-0.39, 0.29) is 0 Å². The second-order valence-corrected chi connectivity index (χ2v) is 8.04. The molecule has 0 aliphatic heterocycles. The predicted octanol–water partition coefficient (Wildman–Crippen LogP) is 5.79. The van der Waals surface area contributed by atoms with Crippen LogP contribution < -0.4 is 5.32 Å². The average molecular weight is 294 g/mol. The van der Waals surface area contributed by atoms with Gasteiger partial charge in [-0.15, -0.1) is 0 Å². The Balaban J connectivity index is 1.84. The number of rotatable bonds is 7. The summed E-state index contributed by atoms with van der Waals surface area (Å²) in [7, 11) is 0. The molecule has 1 heteroatoms. The van der Waals surface area contributed by atoms with E-state index in [1.165, 1.54) is 70.6 Å². The Morgan fingerprint density at radius 2 is 1.71 bits per heavy atom. The lowest BCUT2D eigenvalue weighted by Gasteiger charge is -2.41. The Hall–Kier alpha value is -0.0400. The van der Waals surface area contributed by atoms with E-state index < -0.39 is 0 Å². The first-order valence-corrected chi connectivity index (χ1v) is 9.97. The van der Waals surface area contributed by atoms with Crippen molar-refractivity contribution in [1.29, 1.82) is 0 Å². The smallest absolute Gasteiger partial charge is 0.0124 e. The van der Waals surface area contributed by atoms with Gasteiger partial charge in [-0.3, -0.25) is 0 Å². The summed E-state index contributed by atoms with van der Waals surface area (Å²) < 4.78 is 0. The molecule has 3 atom stereocenters. The molecule has 2 aliphatic rings. The van der Waals surface area contributed by atoms with E-state index in [4.69, 9.17) is 0 Å². The van der Waals surface area contributed by atoms with Crippen LogP contribution in [0.2, 0.25) is 0 Å². The van der Waals surface area contributed by atoms with Gasteiger partial charge in [0.25, 0.3) is 0 Å². The van der Waals surface area contributed by atoms with E-state index in [0.717, 1.165) is 36.3 Å². The molecule has 0 heterocycles. The molecule has 1 N–H and O–H groups in total. The molecule has 2 rings (SSSR count). The maximum absolute atomic E-state index is 3.90. The minimum atomic E-state index is 0.824. The average Bonchev–Trinajstić information content (AvgIpc) is 2.51. The van der Waals surface area contributed by atoms with Gasteiger partial charge in [0, 0.05) is 6.04 Å². The van der Waals surface area contributed by atoms with Gasteiger partial charge in [0.15, 0.2) is 0 Å². The maximum Gasteiger partial charge on any atom is 0.0124 e. The fourth-order valence-corrected chi connectivity index (χ4v) is 5.09. The normalized spacial score (nSPS) is 35.6. The van der Waals surface area contributed by atoms with E-state index in [1.54, 1.807) is 0 Å². The van der Waals surface area contributed by atoms with Crippen LogP contribution in [-0.4, -0.2) is 12.6 Å². The molecule has 3 unspecified atom stereocenters. The second-order valence-electron chi connectivity index (χ2n) is 8.04. The largest absolute Gasteiger partial charge is 0.314 e. The highest BCUT2D eigenvalue weighted by molar-refractivity contribution is 4.88. The summed E-state index contributed by atoms with van der Waals surface area (Å²) in [4.78, 5) is 0. The van der Waals surface area contributed by atoms with Crippen molar-refractivity contribution in [3.8, 4) is 0 Å². The third-order valence-electron chi connectivity index (χ3n) is 6.29. The summed E-state index contributed by atoms with van der Waals surface area (Å²) >= 11 is 0. The molecule has 0 amide bonds. The molecule has 0 aromatic rings. The quantitative estimate of drug-likeness (QED) is 0.626. The highest BCUT2D eigenvalue weighted by Gasteiger charge is 2.33. The predicted molar refractivity (Wildman–Crippen MR) is 93.6 cm³/mol. The van der Waals surface area contributed by atoms with Gasteiger partial charge >= 0.3 is 0 Å². The van der Waals surface area contributed by atoms with E-state index in [2.05, 4.69) is 26.1 Å².